The molecule has 12 aliphatic rings. The van der Waals surface area contributed by atoms with Crippen LogP contribution in [0.25, 0.3) is 0 Å². The average Bonchev–Trinajstić information content (AvgIpc) is 3.57. The van der Waals surface area contributed by atoms with Gasteiger partial charge in [0.2, 0.25) is 0 Å². The minimum atomic E-state index is -2.66. The molecule has 14 nitrogen and oxygen atoms in total. The molecule has 0 spiro atoms. The molecular weight excluding hydrogens is 1120 g/mol. The van der Waals surface area contributed by atoms with E-state index >= 15 is 0 Å². The first-order chi connectivity index (χ1) is 41.8. The highest BCUT2D eigenvalue weighted by atomic mass is 32.2. The number of allylic oxidation sites excluding steroid dienone is 4. The molecular formula is C71H145N9O5S2. The first kappa shape index (κ1) is 84.1. The molecule has 1 saturated carbocycles. The van der Waals surface area contributed by atoms with Gasteiger partial charge in [-0.1, -0.05) is 95.2 Å². The zero-order valence-corrected chi connectivity index (χ0v) is 61.1. The Kier molecular flexibility index (Phi) is 55.7. The highest BCUT2D eigenvalue weighted by Crippen LogP contribution is 2.22. The SMILES string of the molecule is CC1=CCCCC1.CC1=CCNCC1.CC1C=CCCC1.CC1CCCCC1.CC1CCCCO1.CC1CCNCC1.CC1CCOCC1.CN1CCN(C)CC1.CN1CCNCC1.CN1CCOCC1.CN1CCS(=O)(=O)CC1.CN1CCSCC1. The molecule has 2 atom stereocenters. The van der Waals surface area contributed by atoms with Crippen LogP contribution < -0.4 is 16.0 Å². The molecule has 9 fully saturated rings. The quantitative estimate of drug-likeness (QED) is 0.200. The van der Waals surface area contributed by atoms with E-state index in [0.717, 1.165) is 89.4 Å². The zero-order chi connectivity index (χ0) is 64.0. The molecule has 0 radical (unpaired) electrons. The second-order valence-corrected chi connectivity index (χ2v) is 30.8. The Balaban J connectivity index is 0.000000475. The number of rotatable bonds is 0. The van der Waals surface area contributed by atoms with Crippen molar-refractivity contribution < 1.29 is 22.6 Å². The summed E-state index contributed by atoms with van der Waals surface area (Å²) in [4.78, 5) is 13.7. The van der Waals surface area contributed by atoms with E-state index in [1.165, 1.54) is 217 Å². The van der Waals surface area contributed by atoms with E-state index in [1.54, 1.807) is 5.57 Å². The van der Waals surface area contributed by atoms with Crippen LogP contribution in [0.2, 0.25) is 0 Å². The lowest BCUT2D eigenvalue weighted by molar-refractivity contribution is 0.0285. The Morgan fingerprint density at radius 1 is 0.437 bits per heavy atom. The Labute approximate surface area is 545 Å². The van der Waals surface area contributed by atoms with Crippen LogP contribution in [-0.4, -0.2) is 260 Å². The maximum absolute atomic E-state index is 10.8. The number of sulfone groups is 1. The van der Waals surface area contributed by atoms with Crippen LogP contribution in [-0.2, 0) is 24.0 Å². The molecule has 0 aromatic heterocycles. The predicted octanol–water partition coefficient (Wildman–Crippen LogP) is 11.7. The van der Waals surface area contributed by atoms with E-state index in [4.69, 9.17) is 14.2 Å². The van der Waals surface area contributed by atoms with Gasteiger partial charge in [0.15, 0.2) is 9.84 Å². The molecule has 9 heterocycles. The standard InChI is InChI=1S/C7H14.2C7H12.C6H14N2.C6H13N.C6H11N.2C6H12O.C5H12N2.C5H11NO2S.C5H11NO.C5H11NS/c3*1-7-5-3-2-4-6-7;1-7-3-5-8(2)6-4-7;3*1-6-2-4-7-5-3-6;1-6-4-2-3-5-7-6;1-7-4-2-6-3-5-7;1-6-2-4-9(7,8)5-3-6;2*1-6-2-4-7-5-3-6/h7H,2-6H2,1H3;5H,2-4,6H2,1H3;3,5,7H,2,4,6H2,1H3;3-6H2,1-2H3;6-7H,2-5H2,1H3;2,7H,3-5H2,1H3;3*6H,2-5H2,1H3;2-5H2,1H3;2*2-5H2,1H3. The summed E-state index contributed by atoms with van der Waals surface area (Å²) in [5, 5.41) is 9.83. The van der Waals surface area contributed by atoms with Crippen LogP contribution >= 0.6 is 11.8 Å². The third kappa shape index (κ3) is 57.4. The minimum Gasteiger partial charge on any atom is -0.381 e. The number of nitrogens with zero attached hydrogens (tertiary/aromatic N) is 6. The highest BCUT2D eigenvalue weighted by Gasteiger charge is 2.18. The molecule has 16 heteroatoms. The van der Waals surface area contributed by atoms with Crippen molar-refractivity contribution in [2.24, 2.45) is 23.7 Å². The van der Waals surface area contributed by atoms with Crippen molar-refractivity contribution in [2.45, 2.75) is 183 Å². The predicted molar refractivity (Wildman–Crippen MR) is 382 cm³/mol. The number of ether oxygens (including phenoxy) is 3. The molecule has 12 rings (SSSR count). The summed E-state index contributed by atoms with van der Waals surface area (Å²) in [5.41, 5.74) is 3.12. The second kappa shape index (κ2) is 57.7. The van der Waals surface area contributed by atoms with Crippen molar-refractivity contribution in [2.75, 3.05) is 216 Å². The normalized spacial score (nSPS) is 26.1. The number of piperazine rings is 2. The summed E-state index contributed by atoms with van der Waals surface area (Å²) in [5.74, 6) is 7.11. The second-order valence-electron chi connectivity index (χ2n) is 27.2. The van der Waals surface area contributed by atoms with E-state index in [0.29, 0.717) is 30.7 Å². The van der Waals surface area contributed by atoms with Crippen molar-refractivity contribution >= 4 is 21.6 Å². The number of piperidine rings is 1. The first-order valence-electron chi connectivity index (χ1n) is 35.6. The topological polar surface area (TPSA) is 117 Å². The fourth-order valence-electron chi connectivity index (χ4n) is 10.5. The molecule has 0 bridgehead atoms. The average molecular weight is 1270 g/mol. The van der Waals surface area contributed by atoms with Gasteiger partial charge < -0.3 is 59.6 Å². The number of thioether (sulfide) groups is 1. The summed E-state index contributed by atoms with van der Waals surface area (Å²) in [7, 11) is 10.1. The largest absolute Gasteiger partial charge is 0.381 e. The Bertz CT molecular complexity index is 1490. The number of likely N-dealkylation sites (N-methyl/N-ethyl adjacent to an activating group) is 4. The van der Waals surface area contributed by atoms with Crippen molar-refractivity contribution in [3.8, 4) is 0 Å². The van der Waals surface area contributed by atoms with Gasteiger partial charge in [-0.25, -0.2) is 8.42 Å². The van der Waals surface area contributed by atoms with E-state index in [9.17, 15) is 8.42 Å². The number of hydrogen-bond donors (Lipinski definition) is 3. The number of morpholine rings is 1. The lowest BCUT2D eigenvalue weighted by Gasteiger charge is -2.28. The summed E-state index contributed by atoms with van der Waals surface area (Å²) < 4.78 is 37.1. The molecule has 0 aromatic carbocycles. The van der Waals surface area contributed by atoms with Gasteiger partial charge in [0.25, 0.3) is 0 Å². The number of nitrogens with one attached hydrogen (secondary N) is 3. The van der Waals surface area contributed by atoms with Gasteiger partial charge in [-0.2, -0.15) is 11.8 Å². The van der Waals surface area contributed by atoms with E-state index < -0.39 is 9.84 Å². The van der Waals surface area contributed by atoms with Gasteiger partial charge in [-0.3, -0.25) is 0 Å². The number of hydrogen-bond acceptors (Lipinski definition) is 15. The lowest BCUT2D eigenvalue weighted by atomic mass is 9.91. The molecule has 516 valence electrons. The highest BCUT2D eigenvalue weighted by molar-refractivity contribution is 7.99. The molecule has 3 N–H and O–H groups in total. The van der Waals surface area contributed by atoms with Gasteiger partial charge >= 0.3 is 0 Å². The fraction of sp³-hybridized carbons (Fsp3) is 0.915. The minimum absolute atomic E-state index is 0.337. The molecule has 3 aliphatic carbocycles. The van der Waals surface area contributed by atoms with Crippen LogP contribution in [0.5, 0.6) is 0 Å². The maximum Gasteiger partial charge on any atom is 0.152 e. The molecule has 87 heavy (non-hydrogen) atoms. The van der Waals surface area contributed by atoms with E-state index in [2.05, 4.69) is 160 Å². The van der Waals surface area contributed by atoms with Gasteiger partial charge in [-0.05, 0) is 203 Å². The van der Waals surface area contributed by atoms with Crippen molar-refractivity contribution in [1.29, 1.82) is 0 Å². The molecule has 2 unspecified atom stereocenters. The summed E-state index contributed by atoms with van der Waals surface area (Å²) in [6.07, 6.45) is 37.2. The van der Waals surface area contributed by atoms with Gasteiger partial charge in [0.05, 0.1) is 30.8 Å². The Morgan fingerprint density at radius 3 is 1.23 bits per heavy atom. The van der Waals surface area contributed by atoms with Gasteiger partial charge in [0.1, 0.15) is 0 Å². The molecule has 0 amide bonds. The van der Waals surface area contributed by atoms with E-state index in [-0.39, 0.29) is 0 Å². The fourth-order valence-corrected chi connectivity index (χ4v) is 13.0. The van der Waals surface area contributed by atoms with Crippen molar-refractivity contribution in [3.63, 3.8) is 0 Å². The Hall–Kier alpha value is -0.960. The van der Waals surface area contributed by atoms with Crippen LogP contribution in [0.1, 0.15) is 177 Å². The third-order valence-electron chi connectivity index (χ3n) is 17.8. The third-order valence-corrected chi connectivity index (χ3v) is 20.4. The Morgan fingerprint density at radius 2 is 0.943 bits per heavy atom. The monoisotopic (exact) mass is 1270 g/mol. The molecule has 0 aromatic rings. The maximum atomic E-state index is 10.8. The van der Waals surface area contributed by atoms with Crippen molar-refractivity contribution in [1.82, 2.24) is 45.3 Å². The summed E-state index contributed by atoms with van der Waals surface area (Å²) >= 11 is 2.06. The van der Waals surface area contributed by atoms with Crippen LogP contribution in [0.15, 0.2) is 35.5 Å². The van der Waals surface area contributed by atoms with Gasteiger partial charge in [0, 0.05) is 129 Å². The lowest BCUT2D eigenvalue weighted by Crippen LogP contribution is -2.42. The molecule has 9 aliphatic heterocycles. The van der Waals surface area contributed by atoms with Gasteiger partial charge in [-0.15, -0.1) is 0 Å². The van der Waals surface area contributed by atoms with Crippen LogP contribution in [0.3, 0.4) is 0 Å². The smallest absolute Gasteiger partial charge is 0.152 e. The first-order valence-corrected chi connectivity index (χ1v) is 38.6. The van der Waals surface area contributed by atoms with E-state index in [1.807, 2.05) is 11.9 Å². The molecule has 8 saturated heterocycles. The summed E-state index contributed by atoms with van der Waals surface area (Å²) in [6.45, 7) is 41.1. The zero-order valence-electron chi connectivity index (χ0n) is 59.5. The van der Waals surface area contributed by atoms with Crippen LogP contribution in [0.4, 0.5) is 0 Å². The van der Waals surface area contributed by atoms with Crippen molar-refractivity contribution in [3.05, 3.63) is 35.5 Å². The van der Waals surface area contributed by atoms with Crippen LogP contribution in [0, 0.1) is 23.7 Å². The summed E-state index contributed by atoms with van der Waals surface area (Å²) in [6, 6.07) is 0.